The third kappa shape index (κ3) is 2.39. The third-order valence-corrected chi connectivity index (χ3v) is 4.36. The summed E-state index contributed by atoms with van der Waals surface area (Å²) in [6, 6.07) is 10.8. The molecule has 3 aromatic rings. The van der Waals surface area contributed by atoms with Gasteiger partial charge in [0.2, 0.25) is 0 Å². The minimum Gasteiger partial charge on any atom is -0.331 e. The van der Waals surface area contributed by atoms with Gasteiger partial charge in [-0.25, -0.2) is 4.39 Å². The number of H-pyrrole nitrogens is 1. The number of halogens is 2. The van der Waals surface area contributed by atoms with E-state index in [1.54, 1.807) is 19.1 Å². The summed E-state index contributed by atoms with van der Waals surface area (Å²) >= 11 is 11.7. The fourth-order valence-corrected chi connectivity index (χ4v) is 3.15. The first-order valence-electron chi connectivity index (χ1n) is 6.64. The van der Waals surface area contributed by atoms with Crippen LogP contribution in [0.1, 0.15) is 24.1 Å². The number of nitrogens with one attached hydrogen (secondary N) is 1. The molecule has 2 nitrogen and oxygen atoms in total. The monoisotopic (exact) mass is 320 g/mol. The van der Waals surface area contributed by atoms with Crippen LogP contribution in [-0.4, -0.2) is 9.55 Å². The van der Waals surface area contributed by atoms with E-state index in [2.05, 4.69) is 4.98 Å². The third-order valence-electron chi connectivity index (χ3n) is 3.75. The van der Waals surface area contributed by atoms with Crippen molar-refractivity contribution in [2.75, 3.05) is 0 Å². The summed E-state index contributed by atoms with van der Waals surface area (Å²) in [4.78, 5) is 3.14. The quantitative estimate of drug-likeness (QED) is 0.626. The summed E-state index contributed by atoms with van der Waals surface area (Å²) < 4.78 is 16.3. The molecule has 0 saturated carbocycles. The molecule has 0 amide bonds. The minimum absolute atomic E-state index is 0.110. The summed E-state index contributed by atoms with van der Waals surface area (Å²) in [5.41, 5.74) is 3.21. The Bertz CT molecular complexity index is 882. The molecule has 0 aliphatic heterocycles. The first-order valence-corrected chi connectivity index (χ1v) is 7.42. The zero-order valence-electron chi connectivity index (χ0n) is 11.7. The van der Waals surface area contributed by atoms with Gasteiger partial charge < -0.3 is 9.55 Å². The van der Waals surface area contributed by atoms with E-state index in [4.69, 9.17) is 23.8 Å². The molecular weight excluding hydrogens is 307 g/mol. The molecule has 108 valence electrons. The van der Waals surface area contributed by atoms with Gasteiger partial charge in [0.15, 0.2) is 4.77 Å². The van der Waals surface area contributed by atoms with Crippen molar-refractivity contribution >= 4 is 34.9 Å². The average Bonchev–Trinajstić information content (AvgIpc) is 2.78. The highest BCUT2D eigenvalue weighted by Gasteiger charge is 2.16. The van der Waals surface area contributed by atoms with Gasteiger partial charge in [0, 0.05) is 0 Å². The van der Waals surface area contributed by atoms with Gasteiger partial charge in [0.25, 0.3) is 0 Å². The van der Waals surface area contributed by atoms with Crippen LogP contribution in [-0.2, 0) is 0 Å². The van der Waals surface area contributed by atoms with Gasteiger partial charge in [-0.15, -0.1) is 0 Å². The standard InChI is InChI=1S/C16H14ClFN2S/c1-9-6-7-11(8-13(9)18)10(2)20-15-12(17)4-3-5-14(15)19-16(20)21/h3-8,10H,1-2H3,(H,19,21). The summed E-state index contributed by atoms with van der Waals surface area (Å²) in [5, 5.41) is 0.624. The molecule has 1 heterocycles. The second kappa shape index (κ2) is 5.28. The van der Waals surface area contributed by atoms with E-state index in [1.165, 1.54) is 0 Å². The molecule has 1 atom stereocenters. The van der Waals surface area contributed by atoms with Gasteiger partial charge >= 0.3 is 0 Å². The number of fused-ring (bicyclic) bond motifs is 1. The van der Waals surface area contributed by atoms with Crippen LogP contribution in [0.3, 0.4) is 0 Å². The Morgan fingerprint density at radius 1 is 1.29 bits per heavy atom. The molecule has 0 radical (unpaired) electrons. The maximum Gasteiger partial charge on any atom is 0.178 e. The molecule has 1 unspecified atom stereocenters. The molecule has 1 aromatic heterocycles. The molecule has 2 aromatic carbocycles. The lowest BCUT2D eigenvalue weighted by Gasteiger charge is -2.16. The van der Waals surface area contributed by atoms with Crippen LogP contribution < -0.4 is 0 Å². The molecule has 3 rings (SSSR count). The van der Waals surface area contributed by atoms with Crippen LogP contribution in [0, 0.1) is 17.5 Å². The lowest BCUT2D eigenvalue weighted by molar-refractivity contribution is 0.601. The number of aryl methyl sites for hydroxylation is 1. The fraction of sp³-hybridized carbons (Fsp3) is 0.188. The molecule has 21 heavy (non-hydrogen) atoms. The van der Waals surface area contributed by atoms with Crippen molar-refractivity contribution in [3.8, 4) is 0 Å². The second-order valence-corrected chi connectivity index (χ2v) is 5.91. The molecular formula is C16H14ClFN2S. The van der Waals surface area contributed by atoms with E-state index < -0.39 is 0 Å². The van der Waals surface area contributed by atoms with Crippen LogP contribution in [0.15, 0.2) is 36.4 Å². The van der Waals surface area contributed by atoms with Gasteiger partial charge in [-0.3, -0.25) is 0 Å². The van der Waals surface area contributed by atoms with E-state index in [1.807, 2.05) is 35.8 Å². The number of hydrogen-bond donors (Lipinski definition) is 1. The number of imidazole rings is 1. The number of rotatable bonds is 2. The van der Waals surface area contributed by atoms with Gasteiger partial charge in [-0.1, -0.05) is 29.8 Å². The van der Waals surface area contributed by atoms with Crippen LogP contribution >= 0.6 is 23.8 Å². The highest BCUT2D eigenvalue weighted by Crippen LogP contribution is 2.29. The Hall–Kier alpha value is -1.65. The van der Waals surface area contributed by atoms with Crippen molar-refractivity contribution in [2.45, 2.75) is 19.9 Å². The summed E-state index contributed by atoms with van der Waals surface area (Å²) in [6.07, 6.45) is 0. The average molecular weight is 321 g/mol. The van der Waals surface area contributed by atoms with Crippen molar-refractivity contribution in [3.63, 3.8) is 0 Å². The predicted octanol–water partition coefficient (Wildman–Crippen LogP) is 5.41. The summed E-state index contributed by atoms with van der Waals surface area (Å²) in [7, 11) is 0. The molecule has 0 aliphatic rings. The Morgan fingerprint density at radius 2 is 2.05 bits per heavy atom. The maximum absolute atomic E-state index is 13.8. The van der Waals surface area contributed by atoms with Gasteiger partial charge in [-0.2, -0.15) is 0 Å². The largest absolute Gasteiger partial charge is 0.331 e. The molecule has 0 bridgehead atoms. The lowest BCUT2D eigenvalue weighted by atomic mass is 10.1. The number of aromatic nitrogens is 2. The fourth-order valence-electron chi connectivity index (χ4n) is 2.53. The first kappa shape index (κ1) is 14.3. The van der Waals surface area contributed by atoms with E-state index in [0.29, 0.717) is 15.4 Å². The van der Waals surface area contributed by atoms with Crippen molar-refractivity contribution in [2.24, 2.45) is 0 Å². The Morgan fingerprint density at radius 3 is 2.76 bits per heavy atom. The van der Waals surface area contributed by atoms with Gasteiger partial charge in [0.1, 0.15) is 5.82 Å². The molecule has 0 fully saturated rings. The summed E-state index contributed by atoms with van der Waals surface area (Å²) in [5.74, 6) is -0.211. The van der Waals surface area contributed by atoms with E-state index in [-0.39, 0.29) is 11.9 Å². The topological polar surface area (TPSA) is 20.7 Å². The van der Waals surface area contributed by atoms with Crippen molar-refractivity contribution in [3.05, 3.63) is 63.1 Å². The first-order chi connectivity index (χ1) is 9.99. The zero-order chi connectivity index (χ0) is 15.1. The normalized spacial score (nSPS) is 12.8. The van der Waals surface area contributed by atoms with E-state index in [0.717, 1.165) is 16.6 Å². The number of hydrogen-bond acceptors (Lipinski definition) is 1. The Labute approximate surface area is 132 Å². The SMILES string of the molecule is Cc1ccc(C(C)n2c(=S)[nH]c3cccc(Cl)c32)cc1F. The van der Waals surface area contributed by atoms with Crippen LogP contribution in [0.25, 0.3) is 11.0 Å². The molecule has 5 heteroatoms. The van der Waals surface area contributed by atoms with Crippen LogP contribution in [0.4, 0.5) is 4.39 Å². The Balaban J connectivity index is 2.22. The number of nitrogens with zero attached hydrogens (tertiary/aromatic N) is 1. The van der Waals surface area contributed by atoms with Crippen LogP contribution in [0.2, 0.25) is 5.02 Å². The maximum atomic E-state index is 13.8. The lowest BCUT2D eigenvalue weighted by Crippen LogP contribution is -2.07. The van der Waals surface area contributed by atoms with Crippen molar-refractivity contribution in [1.82, 2.24) is 9.55 Å². The molecule has 0 saturated heterocycles. The van der Waals surface area contributed by atoms with Crippen molar-refractivity contribution in [1.29, 1.82) is 0 Å². The molecule has 0 aliphatic carbocycles. The minimum atomic E-state index is -0.211. The predicted molar refractivity (Wildman–Crippen MR) is 87.1 cm³/mol. The van der Waals surface area contributed by atoms with Gasteiger partial charge in [-0.05, 0) is 55.4 Å². The highest BCUT2D eigenvalue weighted by molar-refractivity contribution is 7.71. The number of aromatic amines is 1. The smallest absolute Gasteiger partial charge is 0.178 e. The van der Waals surface area contributed by atoms with E-state index >= 15 is 0 Å². The molecule has 1 N–H and O–H groups in total. The Kier molecular flexibility index (Phi) is 3.59. The number of para-hydroxylation sites is 1. The van der Waals surface area contributed by atoms with E-state index in [9.17, 15) is 4.39 Å². The van der Waals surface area contributed by atoms with Gasteiger partial charge in [0.05, 0.1) is 22.1 Å². The second-order valence-electron chi connectivity index (χ2n) is 5.12. The molecule has 0 spiro atoms. The highest BCUT2D eigenvalue weighted by atomic mass is 35.5. The number of benzene rings is 2. The summed E-state index contributed by atoms with van der Waals surface area (Å²) in [6.45, 7) is 3.73. The zero-order valence-corrected chi connectivity index (χ0v) is 13.2. The van der Waals surface area contributed by atoms with Crippen LogP contribution in [0.5, 0.6) is 0 Å². The van der Waals surface area contributed by atoms with Crippen molar-refractivity contribution < 1.29 is 4.39 Å².